The minimum Gasteiger partial charge on any atom is -0.493 e. The predicted octanol–water partition coefficient (Wildman–Crippen LogP) is 3.00. The van der Waals surface area contributed by atoms with Crippen molar-refractivity contribution in [3.05, 3.63) is 58.6 Å². The van der Waals surface area contributed by atoms with Crippen molar-refractivity contribution >= 4 is 23.2 Å². The van der Waals surface area contributed by atoms with Gasteiger partial charge in [0.15, 0.2) is 18.1 Å². The van der Waals surface area contributed by atoms with Gasteiger partial charge in [0, 0.05) is 36.8 Å². The molecule has 1 aliphatic carbocycles. The smallest absolute Gasteiger partial charge is 0.271 e. The van der Waals surface area contributed by atoms with E-state index >= 15 is 0 Å². The van der Waals surface area contributed by atoms with Crippen LogP contribution in [0.15, 0.2) is 48.5 Å². The predicted molar refractivity (Wildman–Crippen MR) is 110 cm³/mol. The van der Waals surface area contributed by atoms with Gasteiger partial charge in [0.1, 0.15) is 0 Å². The first-order valence-corrected chi connectivity index (χ1v) is 9.57. The summed E-state index contributed by atoms with van der Waals surface area (Å²) in [6, 6.07) is 12.9. The van der Waals surface area contributed by atoms with Crippen LogP contribution in [0.1, 0.15) is 19.3 Å². The lowest BCUT2D eigenvalue weighted by Gasteiger charge is -2.22. The highest BCUT2D eigenvalue weighted by atomic mass is 16.6. The number of rotatable bonds is 10. The molecule has 9 nitrogen and oxygen atoms in total. The summed E-state index contributed by atoms with van der Waals surface area (Å²) in [5.41, 5.74) is 0.245. The molecule has 0 radical (unpaired) electrons. The van der Waals surface area contributed by atoms with Crippen molar-refractivity contribution < 1.29 is 24.0 Å². The summed E-state index contributed by atoms with van der Waals surface area (Å²) < 4.78 is 10.8. The number of anilines is 1. The molecule has 30 heavy (non-hydrogen) atoms. The maximum atomic E-state index is 12.6. The third-order valence-electron chi connectivity index (χ3n) is 4.65. The minimum absolute atomic E-state index is 0.0829. The van der Waals surface area contributed by atoms with E-state index in [1.165, 1.54) is 25.3 Å². The monoisotopic (exact) mass is 413 g/mol. The van der Waals surface area contributed by atoms with Gasteiger partial charge in [-0.05, 0) is 31.0 Å². The number of nitrogens with one attached hydrogen (secondary N) is 1. The van der Waals surface area contributed by atoms with E-state index in [-0.39, 0.29) is 43.1 Å². The van der Waals surface area contributed by atoms with Gasteiger partial charge in [0.25, 0.3) is 11.6 Å². The molecular formula is C21H23N3O6. The molecule has 1 saturated carbocycles. The van der Waals surface area contributed by atoms with Gasteiger partial charge in [0.2, 0.25) is 5.91 Å². The van der Waals surface area contributed by atoms with E-state index < -0.39 is 4.92 Å². The molecule has 1 N–H and O–H groups in total. The van der Waals surface area contributed by atoms with E-state index in [4.69, 9.17) is 9.47 Å². The molecular weight excluding hydrogens is 390 g/mol. The molecule has 0 spiro atoms. The molecule has 3 rings (SSSR count). The van der Waals surface area contributed by atoms with E-state index in [1.54, 1.807) is 29.2 Å². The third kappa shape index (κ3) is 5.69. The molecule has 9 heteroatoms. The summed E-state index contributed by atoms with van der Waals surface area (Å²) in [5, 5.41) is 13.5. The molecule has 2 amide bonds. The number of carbonyl (C=O) groups excluding carboxylic acids is 2. The van der Waals surface area contributed by atoms with Crippen molar-refractivity contribution in [3.8, 4) is 11.5 Å². The molecule has 158 valence electrons. The highest BCUT2D eigenvalue weighted by Crippen LogP contribution is 2.29. The molecule has 1 fully saturated rings. The van der Waals surface area contributed by atoms with Crippen LogP contribution in [-0.2, 0) is 9.59 Å². The summed E-state index contributed by atoms with van der Waals surface area (Å²) in [5.74, 6) is 0.498. The highest BCUT2D eigenvalue weighted by Gasteiger charge is 2.32. The van der Waals surface area contributed by atoms with Gasteiger partial charge in [0.05, 0.1) is 12.0 Å². The Labute approximate surface area is 173 Å². The Kier molecular flexibility index (Phi) is 6.84. The Hall–Kier alpha value is -3.62. The first kappa shape index (κ1) is 21.1. The highest BCUT2D eigenvalue weighted by molar-refractivity contribution is 5.91. The zero-order chi connectivity index (χ0) is 21.5. The van der Waals surface area contributed by atoms with Crippen LogP contribution in [0, 0.1) is 10.1 Å². The van der Waals surface area contributed by atoms with E-state index in [0.717, 1.165) is 12.8 Å². The van der Waals surface area contributed by atoms with Crippen molar-refractivity contribution in [2.45, 2.75) is 25.3 Å². The van der Waals surface area contributed by atoms with Crippen LogP contribution in [0.2, 0.25) is 0 Å². The van der Waals surface area contributed by atoms with Gasteiger partial charge in [-0.2, -0.15) is 0 Å². The second-order valence-electron chi connectivity index (χ2n) is 6.86. The molecule has 0 saturated heterocycles. The first-order valence-electron chi connectivity index (χ1n) is 9.57. The largest absolute Gasteiger partial charge is 0.493 e. The molecule has 1 aliphatic rings. The zero-order valence-corrected chi connectivity index (χ0v) is 16.6. The number of hydrogen-bond acceptors (Lipinski definition) is 6. The Balaban J connectivity index is 1.53. The fourth-order valence-corrected chi connectivity index (χ4v) is 3.00. The second-order valence-corrected chi connectivity index (χ2v) is 6.86. The van der Waals surface area contributed by atoms with E-state index in [9.17, 15) is 19.7 Å². The maximum absolute atomic E-state index is 12.6. The summed E-state index contributed by atoms with van der Waals surface area (Å²) in [4.78, 5) is 36.9. The number of carbonyl (C=O) groups is 2. The van der Waals surface area contributed by atoms with Gasteiger partial charge >= 0.3 is 0 Å². The van der Waals surface area contributed by atoms with E-state index in [1.807, 2.05) is 6.07 Å². The first-order chi connectivity index (χ1) is 14.5. The van der Waals surface area contributed by atoms with E-state index in [0.29, 0.717) is 17.2 Å². The summed E-state index contributed by atoms with van der Waals surface area (Å²) in [6.45, 7) is 0.100. The van der Waals surface area contributed by atoms with Gasteiger partial charge < -0.3 is 19.7 Å². The molecule has 0 atom stereocenters. The van der Waals surface area contributed by atoms with Crippen LogP contribution in [0.25, 0.3) is 0 Å². The van der Waals surface area contributed by atoms with E-state index in [2.05, 4.69) is 5.32 Å². The summed E-state index contributed by atoms with van der Waals surface area (Å²) >= 11 is 0. The van der Waals surface area contributed by atoms with Gasteiger partial charge in [-0.15, -0.1) is 0 Å². The molecule has 0 bridgehead atoms. The van der Waals surface area contributed by atoms with Crippen LogP contribution >= 0.6 is 0 Å². The number of nitrogens with zero attached hydrogens (tertiary/aromatic N) is 2. The number of nitro groups is 1. The Morgan fingerprint density at radius 1 is 1.17 bits per heavy atom. The average Bonchev–Trinajstić information content (AvgIpc) is 3.58. The number of para-hydroxylation sites is 2. The fourth-order valence-electron chi connectivity index (χ4n) is 3.00. The molecule has 0 aromatic heterocycles. The SMILES string of the molecule is COc1ccccc1OCC(=O)N(CCC(=O)Nc1cccc([N+](=O)[O-])c1)C1CC1. The van der Waals surface area contributed by atoms with Crippen LogP contribution in [-0.4, -0.2) is 47.9 Å². The van der Waals surface area contributed by atoms with Gasteiger partial charge in [-0.3, -0.25) is 19.7 Å². The number of ether oxygens (including phenoxy) is 2. The number of benzene rings is 2. The topological polar surface area (TPSA) is 111 Å². The minimum atomic E-state index is -0.523. The lowest BCUT2D eigenvalue weighted by atomic mass is 10.2. The van der Waals surface area contributed by atoms with Gasteiger partial charge in [-0.25, -0.2) is 0 Å². The summed E-state index contributed by atoms with van der Waals surface area (Å²) in [7, 11) is 1.53. The second kappa shape index (κ2) is 9.73. The lowest BCUT2D eigenvalue weighted by Crippen LogP contribution is -2.38. The standard InChI is InChI=1S/C21H23N3O6/c1-29-18-7-2-3-8-19(18)30-14-21(26)23(16-9-10-16)12-11-20(25)22-15-5-4-6-17(13-15)24(27)28/h2-8,13,16H,9-12,14H2,1H3,(H,22,25). The number of non-ortho nitro benzene ring substituents is 1. The quantitative estimate of drug-likeness (QED) is 0.473. The van der Waals surface area contributed by atoms with Crippen LogP contribution in [0.3, 0.4) is 0 Å². The Bertz CT molecular complexity index is 928. The third-order valence-corrected chi connectivity index (χ3v) is 4.65. The summed E-state index contributed by atoms with van der Waals surface area (Å²) in [6.07, 6.45) is 1.87. The number of amides is 2. The van der Waals surface area contributed by atoms with Gasteiger partial charge in [-0.1, -0.05) is 18.2 Å². The Morgan fingerprint density at radius 3 is 2.57 bits per heavy atom. The van der Waals surface area contributed by atoms with Crippen LogP contribution < -0.4 is 14.8 Å². The van der Waals surface area contributed by atoms with Crippen molar-refractivity contribution in [1.29, 1.82) is 0 Å². The zero-order valence-electron chi connectivity index (χ0n) is 16.6. The van der Waals surface area contributed by atoms with Crippen molar-refractivity contribution in [3.63, 3.8) is 0 Å². The van der Waals surface area contributed by atoms with Crippen molar-refractivity contribution in [1.82, 2.24) is 4.90 Å². The molecule has 2 aromatic rings. The maximum Gasteiger partial charge on any atom is 0.271 e. The van der Waals surface area contributed by atoms with Crippen LogP contribution in [0.5, 0.6) is 11.5 Å². The van der Waals surface area contributed by atoms with Crippen molar-refractivity contribution in [2.24, 2.45) is 0 Å². The normalized spacial score (nSPS) is 12.7. The Morgan fingerprint density at radius 2 is 1.90 bits per heavy atom. The number of methoxy groups -OCH3 is 1. The average molecular weight is 413 g/mol. The molecule has 0 aliphatic heterocycles. The fraction of sp³-hybridized carbons (Fsp3) is 0.333. The van der Waals surface area contributed by atoms with Crippen molar-refractivity contribution in [2.75, 3.05) is 25.6 Å². The number of hydrogen-bond donors (Lipinski definition) is 1. The molecule has 0 unspecified atom stereocenters. The van der Waals surface area contributed by atoms with Crippen LogP contribution in [0.4, 0.5) is 11.4 Å². The molecule has 0 heterocycles. The lowest BCUT2D eigenvalue weighted by molar-refractivity contribution is -0.384. The molecule has 2 aromatic carbocycles. The number of nitro benzene ring substituents is 1.